The lowest BCUT2D eigenvalue weighted by atomic mass is 9.68. The minimum Gasteiger partial charge on any atom is -0.307 e. The van der Waals surface area contributed by atoms with E-state index in [1.54, 1.807) is 0 Å². The Kier molecular flexibility index (Phi) is 4.24. The first kappa shape index (κ1) is 22.9. The molecule has 6 aromatic carbocycles. The molecule has 0 bridgehead atoms. The third-order valence-corrected chi connectivity index (χ3v) is 9.52. The highest BCUT2D eigenvalue weighted by Gasteiger charge is 2.54. The fraction of sp³-hybridized carbons (Fsp3) is 0.0256. The first-order valence-corrected chi connectivity index (χ1v) is 14.6. The van der Waals surface area contributed by atoms with E-state index >= 15 is 0 Å². The van der Waals surface area contributed by atoms with E-state index in [1.807, 2.05) is 28.8 Å². The second kappa shape index (κ2) is 7.96. The molecule has 1 spiro atoms. The highest BCUT2D eigenvalue weighted by molar-refractivity contribution is 6.20. The summed E-state index contributed by atoms with van der Waals surface area (Å²) in [5, 5.41) is 2.25. The van der Waals surface area contributed by atoms with Crippen molar-refractivity contribution < 1.29 is 4.79 Å². The average molecular weight is 550 g/mol. The van der Waals surface area contributed by atoms with Gasteiger partial charge in [0.2, 0.25) is 0 Å². The zero-order valence-electron chi connectivity index (χ0n) is 23.0. The predicted molar refractivity (Wildman–Crippen MR) is 171 cm³/mol. The van der Waals surface area contributed by atoms with E-state index in [1.165, 1.54) is 11.1 Å². The van der Waals surface area contributed by atoms with Crippen LogP contribution in [0.15, 0.2) is 140 Å². The zero-order valence-corrected chi connectivity index (χ0v) is 23.0. The van der Waals surface area contributed by atoms with E-state index < -0.39 is 5.41 Å². The van der Waals surface area contributed by atoms with Crippen LogP contribution in [0.1, 0.15) is 32.9 Å². The van der Waals surface area contributed by atoms with Crippen LogP contribution >= 0.6 is 0 Å². The Labute approximate surface area is 247 Å². The average Bonchev–Trinajstić information content (AvgIpc) is 3.71. The molecule has 0 saturated carbocycles. The van der Waals surface area contributed by atoms with Crippen molar-refractivity contribution in [3.05, 3.63) is 168 Å². The van der Waals surface area contributed by atoms with Gasteiger partial charge in [-0.1, -0.05) is 103 Å². The van der Waals surface area contributed by atoms with Crippen molar-refractivity contribution in [2.45, 2.75) is 5.41 Å². The molecule has 1 aliphatic heterocycles. The Hall–Kier alpha value is -5.74. The van der Waals surface area contributed by atoms with Gasteiger partial charge in [0.15, 0.2) is 0 Å². The SMILES string of the molecule is O=C1c2ccccc2C2(c3ccccc3-c3ccccc32)c2nc3ccc4c5ccccc5n(-c5ccccc5)c4c3n21. The Bertz CT molecular complexity index is 2440. The van der Waals surface area contributed by atoms with Gasteiger partial charge in [-0.3, -0.25) is 9.36 Å². The van der Waals surface area contributed by atoms with Gasteiger partial charge in [-0.15, -0.1) is 0 Å². The number of imidazole rings is 1. The lowest BCUT2D eigenvalue weighted by Crippen LogP contribution is -2.40. The monoisotopic (exact) mass is 549 g/mol. The third kappa shape index (κ3) is 2.63. The van der Waals surface area contributed by atoms with Crippen molar-refractivity contribution in [2.75, 3.05) is 0 Å². The molecular formula is C39H23N3O. The number of hydrogen-bond donors (Lipinski definition) is 0. The highest BCUT2D eigenvalue weighted by Crippen LogP contribution is 2.58. The summed E-state index contributed by atoms with van der Waals surface area (Å²) < 4.78 is 4.22. The molecule has 0 radical (unpaired) electrons. The molecule has 0 atom stereocenters. The quantitative estimate of drug-likeness (QED) is 0.206. The van der Waals surface area contributed by atoms with Gasteiger partial charge in [-0.2, -0.15) is 0 Å². The molecule has 4 nitrogen and oxygen atoms in total. The number of fused-ring (bicyclic) bond motifs is 15. The molecule has 200 valence electrons. The number of para-hydroxylation sites is 2. The summed E-state index contributed by atoms with van der Waals surface area (Å²) in [7, 11) is 0. The molecule has 0 N–H and O–H groups in total. The Balaban J connectivity index is 1.46. The van der Waals surface area contributed by atoms with Crippen LogP contribution in [-0.4, -0.2) is 20.0 Å². The standard InChI is InChI=1S/C39H23N3O/c43-37-29-17-6-10-20-32(29)39(30-18-8-4-14-25(30)26-15-5-9-19-31(26)39)38-40-33-23-22-28-27-16-7-11-21-34(27)41(24-12-2-1-3-13-24)35(28)36(33)42(37)38/h1-23H. The summed E-state index contributed by atoms with van der Waals surface area (Å²) in [6, 6.07) is 48.4. The zero-order chi connectivity index (χ0) is 28.3. The van der Waals surface area contributed by atoms with Crippen LogP contribution in [0.25, 0.3) is 49.7 Å². The molecule has 8 aromatic rings. The highest BCUT2D eigenvalue weighted by atomic mass is 16.2. The van der Waals surface area contributed by atoms with Gasteiger partial charge in [0.1, 0.15) is 16.8 Å². The van der Waals surface area contributed by atoms with E-state index in [-0.39, 0.29) is 5.91 Å². The largest absolute Gasteiger partial charge is 0.307 e. The normalized spacial score (nSPS) is 14.3. The number of hydrogen-bond acceptors (Lipinski definition) is 2. The summed E-state index contributed by atoms with van der Waals surface area (Å²) in [5.41, 5.74) is 10.4. The van der Waals surface area contributed by atoms with Crippen LogP contribution in [0, 0.1) is 0 Å². The summed E-state index contributed by atoms with van der Waals surface area (Å²) in [4.78, 5) is 20.2. The Morgan fingerprint density at radius 1 is 0.488 bits per heavy atom. The predicted octanol–water partition coefficient (Wildman–Crippen LogP) is 8.50. The van der Waals surface area contributed by atoms with Crippen LogP contribution in [0.4, 0.5) is 0 Å². The summed E-state index contributed by atoms with van der Waals surface area (Å²) >= 11 is 0. The maximum atomic E-state index is 14.8. The number of aromatic nitrogens is 3. The van der Waals surface area contributed by atoms with Crippen LogP contribution in [0.2, 0.25) is 0 Å². The summed E-state index contributed by atoms with van der Waals surface area (Å²) in [5.74, 6) is 0.707. The molecule has 1 aliphatic carbocycles. The van der Waals surface area contributed by atoms with Gasteiger partial charge < -0.3 is 4.57 Å². The minimum atomic E-state index is -0.730. The molecule has 0 saturated heterocycles. The Morgan fingerprint density at radius 2 is 1.07 bits per heavy atom. The van der Waals surface area contributed by atoms with E-state index in [0.29, 0.717) is 5.56 Å². The first-order valence-electron chi connectivity index (χ1n) is 14.6. The molecule has 0 unspecified atom stereocenters. The van der Waals surface area contributed by atoms with Crippen molar-refractivity contribution in [1.82, 2.24) is 14.1 Å². The van der Waals surface area contributed by atoms with Gasteiger partial charge in [0.25, 0.3) is 5.91 Å². The third-order valence-electron chi connectivity index (χ3n) is 9.52. The van der Waals surface area contributed by atoms with Gasteiger partial charge in [0, 0.05) is 22.0 Å². The molecule has 3 heterocycles. The lowest BCUT2D eigenvalue weighted by molar-refractivity contribution is 0.0951. The number of carbonyl (C=O) groups is 1. The maximum absolute atomic E-state index is 14.8. The number of benzene rings is 6. The second-order valence-electron chi connectivity index (χ2n) is 11.5. The molecule has 43 heavy (non-hydrogen) atoms. The maximum Gasteiger partial charge on any atom is 0.264 e. The molecule has 0 fully saturated rings. The topological polar surface area (TPSA) is 39.8 Å². The van der Waals surface area contributed by atoms with Gasteiger partial charge >= 0.3 is 0 Å². The minimum absolute atomic E-state index is 0.0436. The van der Waals surface area contributed by atoms with E-state index in [9.17, 15) is 4.79 Å². The van der Waals surface area contributed by atoms with Crippen molar-refractivity contribution in [1.29, 1.82) is 0 Å². The van der Waals surface area contributed by atoms with Crippen molar-refractivity contribution >= 4 is 38.7 Å². The van der Waals surface area contributed by atoms with Gasteiger partial charge in [-0.05, 0) is 64.2 Å². The van der Waals surface area contributed by atoms with Crippen LogP contribution in [-0.2, 0) is 5.41 Å². The molecular weight excluding hydrogens is 526 g/mol. The number of carbonyl (C=O) groups excluding carboxylic acids is 1. The summed E-state index contributed by atoms with van der Waals surface area (Å²) in [6.45, 7) is 0. The van der Waals surface area contributed by atoms with Gasteiger partial charge in [0.05, 0.1) is 16.6 Å². The van der Waals surface area contributed by atoms with Crippen LogP contribution in [0.3, 0.4) is 0 Å². The van der Waals surface area contributed by atoms with E-state index in [4.69, 9.17) is 4.98 Å². The van der Waals surface area contributed by atoms with Crippen molar-refractivity contribution in [3.63, 3.8) is 0 Å². The smallest absolute Gasteiger partial charge is 0.264 e. The second-order valence-corrected chi connectivity index (χ2v) is 11.5. The van der Waals surface area contributed by atoms with E-state index in [0.717, 1.165) is 61.0 Å². The lowest BCUT2D eigenvalue weighted by Gasteiger charge is -2.37. The molecule has 4 heteroatoms. The number of nitrogens with zero attached hydrogens (tertiary/aromatic N) is 3. The number of rotatable bonds is 1. The van der Waals surface area contributed by atoms with Gasteiger partial charge in [-0.25, -0.2) is 4.98 Å². The Morgan fingerprint density at radius 3 is 1.79 bits per heavy atom. The fourth-order valence-electron chi connectivity index (χ4n) is 7.91. The first-order chi connectivity index (χ1) is 21.3. The van der Waals surface area contributed by atoms with E-state index in [2.05, 4.69) is 120 Å². The van der Waals surface area contributed by atoms with Crippen molar-refractivity contribution in [2.24, 2.45) is 0 Å². The van der Waals surface area contributed by atoms with Crippen LogP contribution in [0.5, 0.6) is 0 Å². The summed E-state index contributed by atoms with van der Waals surface area (Å²) in [6.07, 6.45) is 0. The molecule has 0 amide bonds. The fourth-order valence-corrected chi connectivity index (χ4v) is 7.91. The van der Waals surface area contributed by atoms with Crippen molar-refractivity contribution in [3.8, 4) is 16.8 Å². The van der Waals surface area contributed by atoms with Crippen LogP contribution < -0.4 is 0 Å². The molecule has 10 rings (SSSR count). The molecule has 2 aliphatic rings. The molecule has 2 aromatic heterocycles.